The maximum absolute atomic E-state index is 4.03. The lowest BCUT2D eigenvalue weighted by Crippen LogP contribution is -2.01. The first-order valence-corrected chi connectivity index (χ1v) is 5.41. The molecule has 0 aliphatic carbocycles. The van der Waals surface area contributed by atoms with Crippen LogP contribution in [0.15, 0.2) is 52.7 Å². The van der Waals surface area contributed by atoms with Gasteiger partial charge in [-0.25, -0.2) is 0 Å². The van der Waals surface area contributed by atoms with Crippen LogP contribution in [0.2, 0.25) is 0 Å². The Morgan fingerprint density at radius 1 is 1.06 bits per heavy atom. The van der Waals surface area contributed by atoms with Crippen molar-refractivity contribution in [2.75, 3.05) is 14.1 Å². The van der Waals surface area contributed by atoms with Crippen LogP contribution in [0.3, 0.4) is 0 Å². The van der Waals surface area contributed by atoms with Crippen molar-refractivity contribution in [1.29, 1.82) is 0 Å². The fourth-order valence-electron chi connectivity index (χ4n) is 1.00. The molecule has 1 N–H and O–H groups in total. The van der Waals surface area contributed by atoms with Crippen molar-refractivity contribution in [3.63, 3.8) is 0 Å². The van der Waals surface area contributed by atoms with E-state index in [2.05, 4.69) is 29.4 Å². The second-order valence-electron chi connectivity index (χ2n) is 3.60. The number of nitrogens with zero attached hydrogens (tertiary/aromatic N) is 1. The standard InChI is InChI=1S/C14H22N2/c1-12(11-14(3)16-5)9-7-6-8-10-13(2)15-4/h6-11,16H,1-5H3. The molecule has 2 heteroatoms. The Balaban J connectivity index is 4.27. The lowest BCUT2D eigenvalue weighted by molar-refractivity contribution is 0.986. The Hall–Kier alpha value is -1.57. The zero-order valence-electron chi connectivity index (χ0n) is 10.9. The van der Waals surface area contributed by atoms with Crippen molar-refractivity contribution in [3.8, 4) is 0 Å². The molecule has 0 aliphatic rings. The van der Waals surface area contributed by atoms with Crippen molar-refractivity contribution in [3.05, 3.63) is 47.7 Å². The van der Waals surface area contributed by atoms with Crippen molar-refractivity contribution in [1.82, 2.24) is 5.32 Å². The molecule has 0 radical (unpaired) electrons. The third-order valence-corrected chi connectivity index (χ3v) is 2.11. The van der Waals surface area contributed by atoms with Crippen LogP contribution < -0.4 is 5.32 Å². The van der Waals surface area contributed by atoms with E-state index < -0.39 is 0 Å². The predicted octanol–water partition coefficient (Wildman–Crippen LogP) is 3.26. The first-order valence-electron chi connectivity index (χ1n) is 5.41. The molecule has 0 rings (SSSR count). The molecule has 0 bridgehead atoms. The second kappa shape index (κ2) is 8.72. The fourth-order valence-corrected chi connectivity index (χ4v) is 1.00. The zero-order valence-corrected chi connectivity index (χ0v) is 10.9. The molecule has 0 aliphatic heterocycles. The Bertz CT molecular complexity index is 342. The Morgan fingerprint density at radius 3 is 2.31 bits per heavy atom. The lowest BCUT2D eigenvalue weighted by Gasteiger charge is -1.97. The molecular formula is C14H22N2. The summed E-state index contributed by atoms with van der Waals surface area (Å²) in [4.78, 5) is 4.03. The van der Waals surface area contributed by atoms with Crippen molar-refractivity contribution in [2.45, 2.75) is 20.8 Å². The van der Waals surface area contributed by atoms with Gasteiger partial charge in [-0.15, -0.1) is 0 Å². The third-order valence-electron chi connectivity index (χ3n) is 2.11. The molecule has 0 heterocycles. The molecule has 16 heavy (non-hydrogen) atoms. The summed E-state index contributed by atoms with van der Waals surface area (Å²) in [6, 6.07) is 0. The Morgan fingerprint density at radius 2 is 1.75 bits per heavy atom. The molecule has 0 atom stereocenters. The van der Waals surface area contributed by atoms with Gasteiger partial charge in [-0.3, -0.25) is 4.99 Å². The van der Waals surface area contributed by atoms with Gasteiger partial charge in [0.05, 0.1) is 0 Å². The maximum Gasteiger partial charge on any atom is 0.0313 e. The van der Waals surface area contributed by atoms with E-state index in [4.69, 9.17) is 0 Å². The number of hydrogen-bond donors (Lipinski definition) is 1. The topological polar surface area (TPSA) is 24.4 Å². The van der Waals surface area contributed by atoms with Crippen molar-refractivity contribution < 1.29 is 0 Å². The first-order chi connectivity index (χ1) is 7.60. The van der Waals surface area contributed by atoms with Crippen LogP contribution in [0, 0.1) is 0 Å². The summed E-state index contributed by atoms with van der Waals surface area (Å²) < 4.78 is 0. The van der Waals surface area contributed by atoms with Gasteiger partial charge < -0.3 is 5.32 Å². The van der Waals surface area contributed by atoms with Gasteiger partial charge in [-0.05, 0) is 38.5 Å². The maximum atomic E-state index is 4.03. The molecule has 0 fully saturated rings. The molecule has 0 saturated heterocycles. The number of allylic oxidation sites excluding steroid dienone is 8. The minimum absolute atomic E-state index is 1.02. The van der Waals surface area contributed by atoms with Gasteiger partial charge >= 0.3 is 0 Å². The lowest BCUT2D eigenvalue weighted by atomic mass is 10.2. The monoisotopic (exact) mass is 218 g/mol. The van der Waals surface area contributed by atoms with Gasteiger partial charge in [-0.1, -0.05) is 24.3 Å². The molecule has 0 spiro atoms. The number of rotatable bonds is 5. The van der Waals surface area contributed by atoms with Gasteiger partial charge in [-0.2, -0.15) is 0 Å². The molecule has 2 nitrogen and oxygen atoms in total. The molecular weight excluding hydrogens is 196 g/mol. The summed E-state index contributed by atoms with van der Waals surface area (Å²) >= 11 is 0. The van der Waals surface area contributed by atoms with Gasteiger partial charge in [0.2, 0.25) is 0 Å². The SMILES string of the molecule is CN=C(C)C=CC=CC=C(C)C=C(C)NC. The van der Waals surface area contributed by atoms with Gasteiger partial charge in [0, 0.05) is 25.5 Å². The second-order valence-corrected chi connectivity index (χ2v) is 3.60. The molecule has 0 unspecified atom stereocenters. The largest absolute Gasteiger partial charge is 0.392 e. The van der Waals surface area contributed by atoms with Crippen molar-refractivity contribution in [2.24, 2.45) is 4.99 Å². The highest BCUT2D eigenvalue weighted by Gasteiger charge is 1.83. The normalized spacial score (nSPS) is 15.2. The molecule has 88 valence electrons. The molecule has 0 aromatic rings. The van der Waals surface area contributed by atoms with Crippen LogP contribution >= 0.6 is 0 Å². The van der Waals surface area contributed by atoms with Crippen LogP contribution in [-0.2, 0) is 0 Å². The third kappa shape index (κ3) is 7.80. The average molecular weight is 218 g/mol. The van der Waals surface area contributed by atoms with Crippen LogP contribution in [0.5, 0.6) is 0 Å². The highest BCUT2D eigenvalue weighted by Crippen LogP contribution is 1.99. The van der Waals surface area contributed by atoms with E-state index in [0.29, 0.717) is 0 Å². The van der Waals surface area contributed by atoms with E-state index in [1.165, 1.54) is 5.57 Å². The quantitative estimate of drug-likeness (QED) is 0.556. The number of hydrogen-bond acceptors (Lipinski definition) is 2. The molecule has 0 aromatic carbocycles. The summed E-state index contributed by atoms with van der Waals surface area (Å²) in [6.07, 6.45) is 12.2. The minimum Gasteiger partial charge on any atom is -0.392 e. The highest BCUT2D eigenvalue weighted by molar-refractivity contribution is 5.92. The smallest absolute Gasteiger partial charge is 0.0313 e. The van der Waals surface area contributed by atoms with Crippen LogP contribution in [0.25, 0.3) is 0 Å². The molecule has 0 saturated carbocycles. The average Bonchev–Trinajstić information content (AvgIpc) is 2.27. The molecule has 0 aromatic heterocycles. The van der Waals surface area contributed by atoms with Crippen LogP contribution in [-0.4, -0.2) is 19.8 Å². The van der Waals surface area contributed by atoms with Crippen LogP contribution in [0.4, 0.5) is 0 Å². The van der Waals surface area contributed by atoms with Gasteiger partial charge in [0.15, 0.2) is 0 Å². The summed E-state index contributed by atoms with van der Waals surface area (Å²) in [5.74, 6) is 0. The van der Waals surface area contributed by atoms with Gasteiger partial charge in [0.25, 0.3) is 0 Å². The van der Waals surface area contributed by atoms with Gasteiger partial charge in [0.1, 0.15) is 0 Å². The zero-order chi connectivity index (χ0) is 12.4. The van der Waals surface area contributed by atoms with E-state index in [-0.39, 0.29) is 0 Å². The summed E-state index contributed by atoms with van der Waals surface area (Å²) in [7, 11) is 3.71. The number of nitrogens with one attached hydrogen (secondary N) is 1. The van der Waals surface area contributed by atoms with Crippen molar-refractivity contribution >= 4 is 5.71 Å². The summed E-state index contributed by atoms with van der Waals surface area (Å²) in [6.45, 7) is 6.10. The first kappa shape index (κ1) is 14.4. The van der Waals surface area contributed by atoms with E-state index in [9.17, 15) is 0 Å². The predicted molar refractivity (Wildman–Crippen MR) is 73.9 cm³/mol. The molecule has 0 amide bonds. The Kier molecular flexibility index (Phi) is 7.86. The van der Waals surface area contributed by atoms with E-state index in [0.717, 1.165) is 11.4 Å². The fraction of sp³-hybridized carbons (Fsp3) is 0.357. The number of aliphatic imine (C=N–C) groups is 1. The van der Waals surface area contributed by atoms with Crippen LogP contribution in [0.1, 0.15) is 20.8 Å². The van der Waals surface area contributed by atoms with E-state index in [1.54, 1.807) is 7.05 Å². The van der Waals surface area contributed by atoms with E-state index in [1.807, 2.05) is 45.2 Å². The summed E-state index contributed by atoms with van der Waals surface area (Å²) in [5, 5.41) is 3.09. The highest BCUT2D eigenvalue weighted by atomic mass is 14.8. The van der Waals surface area contributed by atoms with E-state index >= 15 is 0 Å². The Labute approximate surface area is 99.2 Å². The summed E-state index contributed by atoms with van der Waals surface area (Å²) in [5.41, 5.74) is 3.40. The minimum atomic E-state index is 1.02.